The van der Waals surface area contributed by atoms with Crippen molar-refractivity contribution >= 4 is 11.9 Å². The summed E-state index contributed by atoms with van der Waals surface area (Å²) in [4.78, 5) is 22.6. The third-order valence-electron chi connectivity index (χ3n) is 1.90. The van der Waals surface area contributed by atoms with Crippen molar-refractivity contribution in [3.05, 3.63) is 12.2 Å². The van der Waals surface area contributed by atoms with Crippen molar-refractivity contribution < 1.29 is 19.8 Å². The predicted octanol–water partition coefficient (Wildman–Crippen LogP) is -0.922. The van der Waals surface area contributed by atoms with Crippen molar-refractivity contribution in [1.82, 2.24) is 4.90 Å². The summed E-state index contributed by atoms with van der Waals surface area (Å²) in [5.41, 5.74) is 0. The van der Waals surface area contributed by atoms with Gasteiger partial charge in [-0.25, -0.2) is 4.79 Å². The van der Waals surface area contributed by atoms with Gasteiger partial charge in [0.2, 0.25) is 5.91 Å². The van der Waals surface area contributed by atoms with Gasteiger partial charge in [-0.3, -0.25) is 4.79 Å². The molecule has 0 aromatic carbocycles. The number of rotatable bonds is 3. The number of likely N-dealkylation sites (tertiary alicyclic amines) is 1. The number of carboxylic acids is 1. The van der Waals surface area contributed by atoms with Gasteiger partial charge in [-0.15, -0.1) is 0 Å². The second kappa shape index (κ2) is 4.04. The zero-order valence-corrected chi connectivity index (χ0v) is 7.01. The van der Waals surface area contributed by atoms with Crippen molar-refractivity contribution in [2.45, 2.75) is 0 Å². The normalized spacial score (nSPS) is 17.5. The lowest BCUT2D eigenvalue weighted by molar-refractivity contribution is -0.134. The Morgan fingerprint density at radius 3 is 2.46 bits per heavy atom. The summed E-state index contributed by atoms with van der Waals surface area (Å²) in [6.45, 7) is 1.10. The number of hydrogen-bond donors (Lipinski definition) is 2. The molecule has 1 amide bonds. The molecule has 1 aliphatic heterocycles. The number of carboxylic acid groups (broad SMARTS) is 1. The van der Waals surface area contributed by atoms with Gasteiger partial charge in [-0.05, 0) is 0 Å². The number of hydrogen-bond acceptors (Lipinski definition) is 3. The first kappa shape index (κ1) is 9.73. The Bertz CT molecular complexity index is 243. The number of nitrogens with zero attached hydrogens (tertiary/aromatic N) is 1. The number of carbonyl (C=O) groups is 2. The quantitative estimate of drug-likeness (QED) is 0.557. The number of aliphatic hydroxyl groups excluding tert-OH is 1. The van der Waals surface area contributed by atoms with Crippen LogP contribution in [0, 0.1) is 5.92 Å². The van der Waals surface area contributed by atoms with Crippen molar-refractivity contribution in [2.24, 2.45) is 5.92 Å². The van der Waals surface area contributed by atoms with Gasteiger partial charge in [0.1, 0.15) is 0 Å². The molecule has 0 atom stereocenters. The Kier molecular flexibility index (Phi) is 3.02. The first-order valence-corrected chi connectivity index (χ1v) is 3.94. The molecular formula is C8H11NO4. The zero-order valence-electron chi connectivity index (χ0n) is 7.01. The van der Waals surface area contributed by atoms with Crippen LogP contribution in [0.25, 0.3) is 0 Å². The third kappa shape index (κ3) is 2.55. The minimum Gasteiger partial charge on any atom is -0.478 e. The van der Waals surface area contributed by atoms with Gasteiger partial charge in [0.25, 0.3) is 0 Å². The zero-order chi connectivity index (χ0) is 9.84. The molecule has 1 saturated heterocycles. The average molecular weight is 185 g/mol. The van der Waals surface area contributed by atoms with E-state index in [0.717, 1.165) is 12.2 Å². The fraction of sp³-hybridized carbons (Fsp3) is 0.500. The summed E-state index contributed by atoms with van der Waals surface area (Å²) in [6.07, 6.45) is 1.84. The molecule has 0 aromatic rings. The molecule has 5 nitrogen and oxygen atoms in total. The van der Waals surface area contributed by atoms with Crippen LogP contribution in [0.2, 0.25) is 0 Å². The third-order valence-corrected chi connectivity index (χ3v) is 1.90. The van der Waals surface area contributed by atoms with Gasteiger partial charge in [0.05, 0.1) is 0 Å². The lowest BCUT2D eigenvalue weighted by atomic mass is 10.0. The molecule has 0 spiro atoms. The summed E-state index contributed by atoms with van der Waals surface area (Å²) >= 11 is 0. The maximum atomic E-state index is 11.1. The largest absolute Gasteiger partial charge is 0.478 e. The monoisotopic (exact) mass is 185 g/mol. The van der Waals surface area contributed by atoms with Crippen molar-refractivity contribution in [1.29, 1.82) is 0 Å². The van der Waals surface area contributed by atoms with E-state index in [1.54, 1.807) is 0 Å². The topological polar surface area (TPSA) is 77.8 Å². The lowest BCUT2D eigenvalue weighted by Crippen LogP contribution is -2.50. The van der Waals surface area contributed by atoms with Gasteiger partial charge in [-0.1, -0.05) is 0 Å². The number of amides is 1. The van der Waals surface area contributed by atoms with Crippen LogP contribution >= 0.6 is 0 Å². The highest BCUT2D eigenvalue weighted by Crippen LogP contribution is 2.14. The lowest BCUT2D eigenvalue weighted by Gasteiger charge is -2.37. The Labute approximate surface area is 75.3 Å². The van der Waals surface area contributed by atoms with Gasteiger partial charge in [0, 0.05) is 37.8 Å². The number of carbonyl (C=O) groups excluding carboxylic acids is 1. The van der Waals surface area contributed by atoms with Crippen LogP contribution < -0.4 is 0 Å². The van der Waals surface area contributed by atoms with Gasteiger partial charge < -0.3 is 15.1 Å². The molecule has 1 fully saturated rings. The molecule has 72 valence electrons. The van der Waals surface area contributed by atoms with Crippen LogP contribution in [-0.4, -0.2) is 46.7 Å². The van der Waals surface area contributed by atoms with E-state index in [1.165, 1.54) is 4.90 Å². The predicted molar refractivity (Wildman–Crippen MR) is 43.9 cm³/mol. The molecule has 1 aliphatic rings. The minimum atomic E-state index is -1.13. The Morgan fingerprint density at radius 2 is 2.00 bits per heavy atom. The summed E-state index contributed by atoms with van der Waals surface area (Å²) in [5.74, 6) is -1.29. The summed E-state index contributed by atoms with van der Waals surface area (Å²) in [5, 5.41) is 16.9. The maximum Gasteiger partial charge on any atom is 0.328 e. The molecule has 0 radical (unpaired) electrons. The number of aliphatic hydroxyl groups is 1. The summed E-state index contributed by atoms with van der Waals surface area (Å²) in [7, 11) is 0. The van der Waals surface area contributed by atoms with Gasteiger partial charge in [-0.2, -0.15) is 0 Å². The van der Waals surface area contributed by atoms with Crippen LogP contribution in [0.3, 0.4) is 0 Å². The molecule has 13 heavy (non-hydrogen) atoms. The highest BCUT2D eigenvalue weighted by Gasteiger charge is 2.28. The molecular weight excluding hydrogens is 174 g/mol. The molecule has 5 heteroatoms. The fourth-order valence-electron chi connectivity index (χ4n) is 1.11. The van der Waals surface area contributed by atoms with E-state index < -0.39 is 5.97 Å². The standard InChI is InChI=1S/C8H11NO4/c10-5-6-3-9(4-6)7(11)1-2-8(12)13/h1-2,6,10H,3-5H2,(H,12,13)/b2-1+. The van der Waals surface area contributed by atoms with Crippen LogP contribution in [0.15, 0.2) is 12.2 Å². The first-order chi connectivity index (χ1) is 6.13. The Balaban J connectivity index is 2.31. The van der Waals surface area contributed by atoms with Crippen LogP contribution in [0.1, 0.15) is 0 Å². The first-order valence-electron chi connectivity index (χ1n) is 3.94. The smallest absolute Gasteiger partial charge is 0.328 e. The maximum absolute atomic E-state index is 11.1. The van der Waals surface area contributed by atoms with Crippen LogP contribution in [0.4, 0.5) is 0 Å². The van der Waals surface area contributed by atoms with E-state index in [9.17, 15) is 9.59 Å². The SMILES string of the molecule is O=C(O)/C=C/C(=O)N1CC(CO)C1. The molecule has 0 unspecified atom stereocenters. The minimum absolute atomic E-state index is 0.0758. The van der Waals surface area contributed by atoms with E-state index in [1.807, 2.05) is 0 Å². The number of aliphatic carboxylic acids is 1. The second-order valence-corrected chi connectivity index (χ2v) is 2.96. The van der Waals surface area contributed by atoms with Crippen molar-refractivity contribution in [3.63, 3.8) is 0 Å². The second-order valence-electron chi connectivity index (χ2n) is 2.96. The van der Waals surface area contributed by atoms with Crippen LogP contribution in [0.5, 0.6) is 0 Å². The van der Waals surface area contributed by atoms with E-state index in [-0.39, 0.29) is 18.4 Å². The van der Waals surface area contributed by atoms with Crippen LogP contribution in [-0.2, 0) is 9.59 Å². The average Bonchev–Trinajstić information content (AvgIpc) is 1.99. The van der Waals surface area contributed by atoms with E-state index in [2.05, 4.69) is 0 Å². The molecule has 0 bridgehead atoms. The molecule has 0 aromatic heterocycles. The Hall–Kier alpha value is -1.36. The highest BCUT2D eigenvalue weighted by atomic mass is 16.4. The Morgan fingerprint density at radius 1 is 1.38 bits per heavy atom. The molecule has 0 aliphatic carbocycles. The summed E-state index contributed by atoms with van der Waals surface area (Å²) < 4.78 is 0. The molecule has 1 heterocycles. The van der Waals surface area contributed by atoms with Gasteiger partial charge in [0.15, 0.2) is 0 Å². The van der Waals surface area contributed by atoms with Gasteiger partial charge >= 0.3 is 5.97 Å². The van der Waals surface area contributed by atoms with E-state index >= 15 is 0 Å². The van der Waals surface area contributed by atoms with E-state index in [4.69, 9.17) is 10.2 Å². The molecule has 2 N–H and O–H groups in total. The fourth-order valence-corrected chi connectivity index (χ4v) is 1.11. The van der Waals surface area contributed by atoms with Crippen molar-refractivity contribution in [3.8, 4) is 0 Å². The van der Waals surface area contributed by atoms with Crippen molar-refractivity contribution in [2.75, 3.05) is 19.7 Å². The van der Waals surface area contributed by atoms with E-state index in [0.29, 0.717) is 13.1 Å². The molecule has 1 rings (SSSR count). The molecule has 0 saturated carbocycles. The highest BCUT2D eigenvalue weighted by molar-refractivity contribution is 5.94. The summed E-state index contributed by atoms with van der Waals surface area (Å²) in [6, 6.07) is 0.